The van der Waals surface area contributed by atoms with Gasteiger partial charge in [-0.25, -0.2) is 4.98 Å². The lowest BCUT2D eigenvalue weighted by Crippen LogP contribution is -2.38. The first kappa shape index (κ1) is 29.8. The summed E-state index contributed by atoms with van der Waals surface area (Å²) in [6, 6.07) is 32.4. The molecule has 4 aromatic carbocycles. The Morgan fingerprint density at radius 1 is 0.837 bits per heavy atom. The van der Waals surface area contributed by atoms with E-state index in [1.54, 1.807) is 10.6 Å². The molecule has 0 bridgehead atoms. The molecule has 220 valence electrons. The van der Waals surface area contributed by atoms with Crippen molar-refractivity contribution in [3.05, 3.63) is 136 Å². The van der Waals surface area contributed by atoms with Crippen LogP contribution < -0.4 is 10.3 Å². The maximum absolute atomic E-state index is 14.2. The van der Waals surface area contributed by atoms with Crippen LogP contribution in [0.1, 0.15) is 67.0 Å². The first-order valence-corrected chi connectivity index (χ1v) is 15.2. The zero-order chi connectivity index (χ0) is 30.2. The molecule has 0 aliphatic heterocycles. The number of ether oxygens (including phenoxy) is 1. The highest BCUT2D eigenvalue weighted by Crippen LogP contribution is 2.26. The van der Waals surface area contributed by atoms with Gasteiger partial charge in [0.2, 0.25) is 0 Å². The van der Waals surface area contributed by atoms with Crippen LogP contribution in [0.5, 0.6) is 5.75 Å². The van der Waals surface area contributed by atoms with E-state index < -0.39 is 6.04 Å². The highest BCUT2D eigenvalue weighted by molar-refractivity contribution is 5.94. The number of hydrogen-bond acceptors (Lipinski definition) is 4. The number of aryl methyl sites for hydroxylation is 1. The van der Waals surface area contributed by atoms with Gasteiger partial charge in [-0.1, -0.05) is 67.9 Å². The molecule has 6 heteroatoms. The van der Waals surface area contributed by atoms with Crippen molar-refractivity contribution in [2.24, 2.45) is 0 Å². The minimum absolute atomic E-state index is 0.0916. The van der Waals surface area contributed by atoms with Crippen molar-refractivity contribution in [2.75, 3.05) is 13.2 Å². The lowest BCUT2D eigenvalue weighted by molar-refractivity contribution is 0.0683. The smallest absolute Gasteiger partial charge is 0.266 e. The molecule has 1 heterocycles. The van der Waals surface area contributed by atoms with Crippen LogP contribution in [0.3, 0.4) is 0 Å². The summed E-state index contributed by atoms with van der Waals surface area (Å²) in [6.07, 6.45) is 3.91. The predicted octanol–water partition coefficient (Wildman–Crippen LogP) is 7.57. The Kier molecular flexibility index (Phi) is 9.67. The van der Waals surface area contributed by atoms with Gasteiger partial charge in [-0.2, -0.15) is 0 Å². The number of carbonyl (C=O) groups excluding carboxylic acids is 1. The number of hydrogen-bond donors (Lipinski definition) is 0. The Balaban J connectivity index is 1.59. The van der Waals surface area contributed by atoms with E-state index in [4.69, 9.17) is 9.72 Å². The number of fused-ring (bicyclic) bond motifs is 1. The second-order valence-electron chi connectivity index (χ2n) is 10.8. The standard InChI is InChI=1S/C37H39N3O3/c1-4-6-12-29-17-19-30(20-18-29)36(41)39(26-25-28-13-8-7-9-14-28)27(3)35-38-34-16-11-10-15-33(34)37(42)40(35)31-21-23-32(24-22-31)43-5-2/h7-11,13-24,27H,4-6,12,25-26H2,1-3H3. The van der Waals surface area contributed by atoms with Crippen molar-refractivity contribution >= 4 is 16.8 Å². The molecule has 0 saturated heterocycles. The van der Waals surface area contributed by atoms with Gasteiger partial charge in [0.05, 0.1) is 29.2 Å². The van der Waals surface area contributed by atoms with E-state index in [2.05, 4.69) is 19.1 Å². The van der Waals surface area contributed by atoms with E-state index in [9.17, 15) is 9.59 Å². The number of carbonyl (C=O) groups is 1. The van der Waals surface area contributed by atoms with Crippen LogP contribution in [0, 0.1) is 0 Å². The minimum Gasteiger partial charge on any atom is -0.494 e. The van der Waals surface area contributed by atoms with E-state index in [-0.39, 0.29) is 11.5 Å². The van der Waals surface area contributed by atoms with Gasteiger partial charge in [0, 0.05) is 12.1 Å². The van der Waals surface area contributed by atoms with Crippen LogP contribution in [0.4, 0.5) is 0 Å². The number of benzene rings is 4. The molecule has 6 nitrogen and oxygen atoms in total. The van der Waals surface area contributed by atoms with Gasteiger partial charge in [-0.3, -0.25) is 14.2 Å². The van der Waals surface area contributed by atoms with Gasteiger partial charge in [0.15, 0.2) is 0 Å². The third-order valence-electron chi connectivity index (χ3n) is 7.81. The third-order valence-corrected chi connectivity index (χ3v) is 7.81. The first-order chi connectivity index (χ1) is 21.0. The van der Waals surface area contributed by atoms with Gasteiger partial charge < -0.3 is 9.64 Å². The predicted molar refractivity (Wildman–Crippen MR) is 173 cm³/mol. The molecule has 1 unspecified atom stereocenters. The van der Waals surface area contributed by atoms with Crippen molar-refractivity contribution < 1.29 is 9.53 Å². The van der Waals surface area contributed by atoms with Gasteiger partial charge in [-0.05, 0) is 92.8 Å². The molecular formula is C37H39N3O3. The Bertz CT molecular complexity index is 1710. The molecule has 0 saturated carbocycles. The third kappa shape index (κ3) is 6.86. The van der Waals surface area contributed by atoms with Crippen LogP contribution >= 0.6 is 0 Å². The summed E-state index contributed by atoms with van der Waals surface area (Å²) in [6.45, 7) is 7.09. The molecule has 0 aliphatic carbocycles. The Labute approximate surface area is 253 Å². The van der Waals surface area contributed by atoms with Crippen LogP contribution in [0.15, 0.2) is 108 Å². The number of aromatic nitrogens is 2. The molecule has 0 aliphatic rings. The van der Waals surface area contributed by atoms with E-state index >= 15 is 0 Å². The van der Waals surface area contributed by atoms with Crippen LogP contribution in [-0.4, -0.2) is 33.5 Å². The second-order valence-corrected chi connectivity index (χ2v) is 10.8. The normalized spacial score (nSPS) is 11.8. The average Bonchev–Trinajstić information content (AvgIpc) is 3.05. The molecule has 1 atom stereocenters. The van der Waals surface area contributed by atoms with Gasteiger partial charge in [-0.15, -0.1) is 0 Å². The lowest BCUT2D eigenvalue weighted by Gasteiger charge is -2.31. The molecule has 0 radical (unpaired) electrons. The van der Waals surface area contributed by atoms with Crippen molar-refractivity contribution in [3.63, 3.8) is 0 Å². The largest absolute Gasteiger partial charge is 0.494 e. The fraction of sp³-hybridized carbons (Fsp3) is 0.270. The topological polar surface area (TPSA) is 64.4 Å². The maximum Gasteiger partial charge on any atom is 0.266 e. The molecule has 0 fully saturated rings. The minimum atomic E-state index is -0.500. The molecule has 1 aromatic heterocycles. The van der Waals surface area contributed by atoms with E-state index in [0.717, 1.165) is 30.6 Å². The SMILES string of the molecule is CCCCc1ccc(C(=O)N(CCc2ccccc2)C(C)c2nc3ccccc3c(=O)n2-c2ccc(OCC)cc2)cc1. The molecule has 43 heavy (non-hydrogen) atoms. The van der Waals surface area contributed by atoms with Gasteiger partial charge in [0.25, 0.3) is 11.5 Å². The fourth-order valence-electron chi connectivity index (χ4n) is 5.40. The highest BCUT2D eigenvalue weighted by Gasteiger charge is 2.28. The highest BCUT2D eigenvalue weighted by atomic mass is 16.5. The average molecular weight is 574 g/mol. The number of amides is 1. The van der Waals surface area contributed by atoms with Crippen LogP contribution in [0.25, 0.3) is 16.6 Å². The second kappa shape index (κ2) is 14.0. The van der Waals surface area contributed by atoms with E-state index in [1.165, 1.54) is 5.56 Å². The number of para-hydroxylation sites is 1. The molecule has 1 amide bonds. The molecular weight excluding hydrogens is 534 g/mol. The maximum atomic E-state index is 14.2. The summed E-state index contributed by atoms with van der Waals surface area (Å²) in [7, 11) is 0. The summed E-state index contributed by atoms with van der Waals surface area (Å²) in [5, 5.41) is 0.525. The monoisotopic (exact) mass is 573 g/mol. The van der Waals surface area contributed by atoms with Crippen LogP contribution in [0.2, 0.25) is 0 Å². The number of nitrogens with zero attached hydrogens (tertiary/aromatic N) is 3. The summed E-state index contributed by atoms with van der Waals surface area (Å²) in [4.78, 5) is 35.1. The Hall–Kier alpha value is -4.71. The first-order valence-electron chi connectivity index (χ1n) is 15.2. The Morgan fingerprint density at radius 3 is 2.21 bits per heavy atom. The van der Waals surface area contributed by atoms with Gasteiger partial charge in [0.1, 0.15) is 11.6 Å². The summed E-state index contributed by atoms with van der Waals surface area (Å²) >= 11 is 0. The number of unbranched alkanes of at least 4 members (excludes halogenated alkanes) is 1. The fourth-order valence-corrected chi connectivity index (χ4v) is 5.40. The van der Waals surface area contributed by atoms with E-state index in [1.807, 2.05) is 104 Å². The summed E-state index contributed by atoms with van der Waals surface area (Å²) < 4.78 is 7.28. The Morgan fingerprint density at radius 2 is 1.51 bits per heavy atom. The van der Waals surface area contributed by atoms with Crippen molar-refractivity contribution in [3.8, 4) is 11.4 Å². The van der Waals surface area contributed by atoms with E-state index in [0.29, 0.717) is 47.6 Å². The summed E-state index contributed by atoms with van der Waals surface area (Å²) in [5.41, 5.74) is 4.08. The van der Waals surface area contributed by atoms with Crippen molar-refractivity contribution in [1.82, 2.24) is 14.5 Å². The lowest BCUT2D eigenvalue weighted by atomic mass is 10.0. The van der Waals surface area contributed by atoms with Crippen molar-refractivity contribution in [2.45, 2.75) is 52.5 Å². The molecule has 5 aromatic rings. The van der Waals surface area contributed by atoms with Crippen LogP contribution in [-0.2, 0) is 12.8 Å². The van der Waals surface area contributed by atoms with Crippen molar-refractivity contribution in [1.29, 1.82) is 0 Å². The zero-order valence-electron chi connectivity index (χ0n) is 25.2. The molecule has 0 spiro atoms. The van der Waals surface area contributed by atoms with Gasteiger partial charge >= 0.3 is 0 Å². The number of rotatable bonds is 12. The summed E-state index contributed by atoms with van der Waals surface area (Å²) in [5.74, 6) is 1.14. The molecule has 5 rings (SSSR count). The zero-order valence-corrected chi connectivity index (χ0v) is 25.2. The quantitative estimate of drug-likeness (QED) is 0.154. The molecule has 0 N–H and O–H groups in total.